The maximum absolute atomic E-state index is 12.5. The first kappa shape index (κ1) is 19.1. The van der Waals surface area contributed by atoms with Crippen molar-refractivity contribution < 1.29 is 27.5 Å². The zero-order chi connectivity index (χ0) is 19.7. The third-order valence-corrected chi connectivity index (χ3v) is 6.07. The second-order valence-corrected chi connectivity index (χ2v) is 8.42. The summed E-state index contributed by atoms with van der Waals surface area (Å²) in [7, 11) is -3.84. The predicted molar refractivity (Wildman–Crippen MR) is 95.5 cm³/mol. The van der Waals surface area contributed by atoms with Crippen LogP contribution in [0.3, 0.4) is 0 Å². The third kappa shape index (κ3) is 4.20. The summed E-state index contributed by atoms with van der Waals surface area (Å²) in [5, 5.41) is 11.8. The summed E-state index contributed by atoms with van der Waals surface area (Å²) >= 11 is 0. The van der Waals surface area contributed by atoms with Crippen LogP contribution in [0, 0.1) is 12.3 Å². The molecule has 0 spiro atoms. The van der Waals surface area contributed by atoms with E-state index in [2.05, 4.69) is 10.0 Å². The van der Waals surface area contributed by atoms with Gasteiger partial charge in [0, 0.05) is 12.1 Å². The van der Waals surface area contributed by atoms with Gasteiger partial charge in [-0.15, -0.1) is 0 Å². The molecule has 1 aromatic heterocycles. The minimum Gasteiger partial charge on any atom is -0.481 e. The summed E-state index contributed by atoms with van der Waals surface area (Å²) in [6, 6.07) is 7.54. The zero-order valence-corrected chi connectivity index (χ0v) is 15.5. The summed E-state index contributed by atoms with van der Waals surface area (Å²) in [6.45, 7) is 1.70. The van der Waals surface area contributed by atoms with Gasteiger partial charge >= 0.3 is 5.97 Å². The van der Waals surface area contributed by atoms with E-state index in [0.29, 0.717) is 24.2 Å². The smallest absolute Gasteiger partial charge is 0.311 e. The average molecular weight is 392 g/mol. The van der Waals surface area contributed by atoms with Gasteiger partial charge in [-0.1, -0.05) is 6.07 Å². The van der Waals surface area contributed by atoms with Crippen molar-refractivity contribution in [3.05, 3.63) is 53.5 Å². The Labute approximate surface area is 156 Å². The molecule has 2 aromatic rings. The monoisotopic (exact) mass is 392 g/mol. The highest BCUT2D eigenvalue weighted by atomic mass is 32.2. The van der Waals surface area contributed by atoms with Crippen molar-refractivity contribution in [2.75, 3.05) is 6.54 Å². The van der Waals surface area contributed by atoms with E-state index in [1.165, 1.54) is 18.4 Å². The molecule has 0 aliphatic heterocycles. The van der Waals surface area contributed by atoms with Crippen LogP contribution in [0.4, 0.5) is 0 Å². The highest BCUT2D eigenvalue weighted by Crippen LogP contribution is 2.45. The standard InChI is InChI=1S/C18H20N2O6S/c1-12-4-5-14(27(24,25)20-10-13-3-2-8-26-13)9-15(12)16(21)19-11-18(6-7-18)17(22)23/h2-5,8-9,20H,6-7,10-11H2,1H3,(H,19,21)(H,22,23). The molecule has 0 saturated heterocycles. The van der Waals surface area contributed by atoms with Gasteiger partial charge in [-0.25, -0.2) is 13.1 Å². The van der Waals surface area contributed by atoms with Crippen molar-refractivity contribution >= 4 is 21.9 Å². The SMILES string of the molecule is Cc1ccc(S(=O)(=O)NCc2ccco2)cc1C(=O)NCC1(C(=O)O)CC1. The van der Waals surface area contributed by atoms with Crippen LogP contribution in [-0.4, -0.2) is 31.9 Å². The molecule has 27 heavy (non-hydrogen) atoms. The van der Waals surface area contributed by atoms with Crippen LogP contribution in [-0.2, 0) is 21.4 Å². The number of sulfonamides is 1. The molecule has 0 atom stereocenters. The molecule has 0 unspecified atom stereocenters. The van der Waals surface area contributed by atoms with Crippen LogP contribution >= 0.6 is 0 Å². The Kier molecular flexibility index (Phi) is 5.07. The molecule has 0 radical (unpaired) electrons. The molecule has 1 heterocycles. The van der Waals surface area contributed by atoms with Crippen LogP contribution < -0.4 is 10.0 Å². The van der Waals surface area contributed by atoms with Crippen LogP contribution in [0.25, 0.3) is 0 Å². The second-order valence-electron chi connectivity index (χ2n) is 6.65. The van der Waals surface area contributed by atoms with Gasteiger partial charge in [-0.05, 0) is 49.6 Å². The molecule has 144 valence electrons. The Hall–Kier alpha value is -2.65. The first-order valence-electron chi connectivity index (χ1n) is 8.38. The highest BCUT2D eigenvalue weighted by molar-refractivity contribution is 7.89. The number of aryl methyl sites for hydroxylation is 1. The number of amides is 1. The topological polar surface area (TPSA) is 126 Å². The lowest BCUT2D eigenvalue weighted by Crippen LogP contribution is -2.34. The summed E-state index contributed by atoms with van der Waals surface area (Å²) in [5.41, 5.74) is -0.104. The number of carbonyl (C=O) groups is 2. The molecule has 1 saturated carbocycles. The van der Waals surface area contributed by atoms with E-state index in [9.17, 15) is 23.1 Å². The molecule has 1 amide bonds. The van der Waals surface area contributed by atoms with Crippen molar-refractivity contribution in [3.8, 4) is 0 Å². The largest absolute Gasteiger partial charge is 0.481 e. The fraction of sp³-hybridized carbons (Fsp3) is 0.333. The molecule has 9 heteroatoms. The summed E-state index contributed by atoms with van der Waals surface area (Å²) < 4.78 is 32.4. The van der Waals surface area contributed by atoms with E-state index in [4.69, 9.17) is 4.42 Å². The Balaban J connectivity index is 1.73. The van der Waals surface area contributed by atoms with Crippen molar-refractivity contribution in [2.45, 2.75) is 31.2 Å². The maximum Gasteiger partial charge on any atom is 0.311 e. The highest BCUT2D eigenvalue weighted by Gasteiger charge is 2.50. The van der Waals surface area contributed by atoms with Crippen LogP contribution in [0.5, 0.6) is 0 Å². The lowest BCUT2D eigenvalue weighted by atomic mass is 10.1. The molecular formula is C18H20N2O6S. The van der Waals surface area contributed by atoms with Gasteiger partial charge in [0.15, 0.2) is 0 Å². The Morgan fingerprint density at radius 2 is 2.00 bits per heavy atom. The van der Waals surface area contributed by atoms with Gasteiger partial charge in [0.05, 0.1) is 23.1 Å². The molecule has 3 rings (SSSR count). The lowest BCUT2D eigenvalue weighted by Gasteiger charge is -2.13. The number of nitrogens with one attached hydrogen (secondary N) is 2. The Morgan fingerprint density at radius 1 is 1.26 bits per heavy atom. The second kappa shape index (κ2) is 7.16. The van der Waals surface area contributed by atoms with Gasteiger partial charge in [-0.3, -0.25) is 9.59 Å². The first-order chi connectivity index (χ1) is 12.7. The van der Waals surface area contributed by atoms with Crippen molar-refractivity contribution in [1.82, 2.24) is 10.0 Å². The minimum atomic E-state index is -3.84. The number of furan rings is 1. The molecule has 8 nitrogen and oxygen atoms in total. The predicted octanol–water partition coefficient (Wildman–Crippen LogP) is 1.66. The Bertz CT molecular complexity index is 962. The van der Waals surface area contributed by atoms with Crippen molar-refractivity contribution in [3.63, 3.8) is 0 Å². The van der Waals surface area contributed by atoms with Gasteiger partial charge < -0.3 is 14.8 Å². The number of carbonyl (C=O) groups excluding carboxylic acids is 1. The minimum absolute atomic E-state index is 0.00806. The Morgan fingerprint density at radius 3 is 2.59 bits per heavy atom. The molecule has 0 bridgehead atoms. The zero-order valence-electron chi connectivity index (χ0n) is 14.7. The van der Waals surface area contributed by atoms with E-state index in [1.807, 2.05) is 0 Å². The van der Waals surface area contributed by atoms with E-state index in [-0.39, 0.29) is 23.5 Å². The van der Waals surface area contributed by atoms with E-state index < -0.39 is 27.3 Å². The number of carboxylic acids is 1. The quantitative estimate of drug-likeness (QED) is 0.627. The molecule has 3 N–H and O–H groups in total. The first-order valence-corrected chi connectivity index (χ1v) is 9.86. The third-order valence-electron chi connectivity index (χ3n) is 4.68. The molecule has 1 fully saturated rings. The fourth-order valence-corrected chi connectivity index (χ4v) is 3.66. The number of aliphatic carboxylic acids is 1. The van der Waals surface area contributed by atoms with E-state index in [1.54, 1.807) is 25.1 Å². The number of carboxylic acid groups (broad SMARTS) is 1. The summed E-state index contributed by atoms with van der Waals surface area (Å²) in [6.07, 6.45) is 2.49. The van der Waals surface area contributed by atoms with E-state index >= 15 is 0 Å². The van der Waals surface area contributed by atoms with Crippen molar-refractivity contribution in [2.24, 2.45) is 5.41 Å². The van der Waals surface area contributed by atoms with Gasteiger partial charge in [0.2, 0.25) is 10.0 Å². The lowest BCUT2D eigenvalue weighted by molar-refractivity contribution is -0.143. The van der Waals surface area contributed by atoms with Gasteiger partial charge in [0.1, 0.15) is 5.76 Å². The number of benzene rings is 1. The summed E-state index contributed by atoms with van der Waals surface area (Å²) in [5.74, 6) is -0.965. The van der Waals surface area contributed by atoms with Gasteiger partial charge in [-0.2, -0.15) is 0 Å². The normalized spacial score (nSPS) is 15.3. The van der Waals surface area contributed by atoms with Crippen LogP contribution in [0.15, 0.2) is 45.9 Å². The molecular weight excluding hydrogens is 372 g/mol. The van der Waals surface area contributed by atoms with E-state index in [0.717, 1.165) is 0 Å². The number of hydrogen-bond donors (Lipinski definition) is 3. The number of hydrogen-bond acceptors (Lipinski definition) is 5. The van der Waals surface area contributed by atoms with Crippen molar-refractivity contribution in [1.29, 1.82) is 0 Å². The van der Waals surface area contributed by atoms with Gasteiger partial charge in [0.25, 0.3) is 5.91 Å². The fourth-order valence-electron chi connectivity index (χ4n) is 2.64. The summed E-state index contributed by atoms with van der Waals surface area (Å²) in [4.78, 5) is 23.6. The molecule has 1 aliphatic rings. The van der Waals surface area contributed by atoms with Crippen LogP contribution in [0.1, 0.15) is 34.5 Å². The maximum atomic E-state index is 12.5. The molecule has 1 aromatic carbocycles. The van der Waals surface area contributed by atoms with Crippen LogP contribution in [0.2, 0.25) is 0 Å². The molecule has 1 aliphatic carbocycles. The number of rotatable bonds is 8. The average Bonchev–Trinajstić information content (AvgIpc) is 3.25.